The monoisotopic (exact) mass is 376 g/mol. The molecule has 0 bridgehead atoms. The van der Waals surface area contributed by atoms with Gasteiger partial charge in [-0.1, -0.05) is 29.3 Å². The maximum Gasteiger partial charge on any atom is 0.229 e. The van der Waals surface area contributed by atoms with Gasteiger partial charge in [0.1, 0.15) is 0 Å². The maximum atomic E-state index is 12.5. The summed E-state index contributed by atoms with van der Waals surface area (Å²) >= 11 is 11.9. The molecule has 1 heterocycles. The van der Waals surface area contributed by atoms with Gasteiger partial charge in [0, 0.05) is 34.4 Å². The van der Waals surface area contributed by atoms with E-state index in [1.807, 2.05) is 32.0 Å². The van der Waals surface area contributed by atoms with Crippen molar-refractivity contribution in [2.75, 3.05) is 16.8 Å². The van der Waals surface area contributed by atoms with Crippen molar-refractivity contribution in [2.45, 2.75) is 20.3 Å². The first-order valence-electron chi connectivity index (χ1n) is 7.98. The van der Waals surface area contributed by atoms with E-state index in [4.69, 9.17) is 23.2 Å². The predicted molar refractivity (Wildman–Crippen MR) is 101 cm³/mol. The molecule has 2 amide bonds. The summed E-state index contributed by atoms with van der Waals surface area (Å²) in [5.74, 6) is -0.669. The van der Waals surface area contributed by atoms with Crippen molar-refractivity contribution in [3.05, 3.63) is 57.6 Å². The van der Waals surface area contributed by atoms with Crippen LogP contribution in [0.2, 0.25) is 10.0 Å². The molecule has 1 saturated heterocycles. The summed E-state index contributed by atoms with van der Waals surface area (Å²) in [7, 11) is 0. The Labute approximate surface area is 156 Å². The fraction of sp³-hybridized carbons (Fsp3) is 0.263. The third-order valence-electron chi connectivity index (χ3n) is 4.43. The second-order valence-corrected chi connectivity index (χ2v) is 7.19. The van der Waals surface area contributed by atoms with Crippen LogP contribution in [-0.2, 0) is 9.59 Å². The van der Waals surface area contributed by atoms with Crippen LogP contribution in [0, 0.1) is 19.8 Å². The summed E-state index contributed by atoms with van der Waals surface area (Å²) in [5.41, 5.74) is 3.64. The Balaban J connectivity index is 1.73. The molecular formula is C19H18Cl2N2O2. The van der Waals surface area contributed by atoms with Crippen LogP contribution in [0.1, 0.15) is 17.5 Å². The number of nitrogens with zero attached hydrogens (tertiary/aromatic N) is 1. The van der Waals surface area contributed by atoms with Gasteiger partial charge in [0.05, 0.1) is 5.92 Å². The predicted octanol–water partition coefficient (Wildman–Crippen LogP) is 4.60. The number of nitrogens with one attached hydrogen (secondary N) is 1. The normalized spacial score (nSPS) is 17.0. The standard InChI is InChI=1S/C19H18Cl2N2O2/c1-11-3-4-17(5-12(11)2)23-10-13(6-18(23)24)19(25)22-16-8-14(20)7-15(21)9-16/h3-5,7-9,13H,6,10H2,1-2H3,(H,22,25)/t13-/m0/s1. The fourth-order valence-electron chi connectivity index (χ4n) is 2.90. The highest BCUT2D eigenvalue weighted by Crippen LogP contribution is 2.28. The van der Waals surface area contributed by atoms with E-state index < -0.39 is 5.92 Å². The van der Waals surface area contributed by atoms with Crippen molar-refractivity contribution in [2.24, 2.45) is 5.92 Å². The number of carbonyl (C=O) groups excluding carboxylic acids is 2. The number of amides is 2. The third-order valence-corrected chi connectivity index (χ3v) is 4.86. The summed E-state index contributed by atoms with van der Waals surface area (Å²) in [6.45, 7) is 4.39. The molecule has 0 unspecified atom stereocenters. The van der Waals surface area contributed by atoms with Gasteiger partial charge in [0.25, 0.3) is 0 Å². The molecule has 1 fully saturated rings. The summed E-state index contributed by atoms with van der Waals surface area (Å²) < 4.78 is 0. The lowest BCUT2D eigenvalue weighted by molar-refractivity contribution is -0.122. The van der Waals surface area contributed by atoms with E-state index in [9.17, 15) is 9.59 Å². The Hall–Kier alpha value is -2.04. The van der Waals surface area contributed by atoms with Gasteiger partial charge in [-0.25, -0.2) is 0 Å². The molecule has 4 nitrogen and oxygen atoms in total. The SMILES string of the molecule is Cc1ccc(N2C[C@@H](C(=O)Nc3cc(Cl)cc(Cl)c3)CC2=O)cc1C. The number of halogens is 2. The number of hydrogen-bond donors (Lipinski definition) is 1. The Morgan fingerprint density at radius 1 is 1.08 bits per heavy atom. The largest absolute Gasteiger partial charge is 0.326 e. The van der Waals surface area contributed by atoms with Crippen LogP contribution in [-0.4, -0.2) is 18.4 Å². The average Bonchev–Trinajstić information content (AvgIpc) is 2.91. The molecule has 2 aromatic rings. The minimum Gasteiger partial charge on any atom is -0.326 e. The van der Waals surface area contributed by atoms with Gasteiger partial charge < -0.3 is 10.2 Å². The lowest BCUT2D eigenvalue weighted by Gasteiger charge is -2.18. The van der Waals surface area contributed by atoms with E-state index in [-0.39, 0.29) is 18.2 Å². The van der Waals surface area contributed by atoms with Crippen molar-refractivity contribution in [3.63, 3.8) is 0 Å². The molecule has 1 atom stereocenters. The third kappa shape index (κ3) is 3.97. The van der Waals surface area contributed by atoms with Gasteiger partial charge >= 0.3 is 0 Å². The molecule has 25 heavy (non-hydrogen) atoms. The van der Waals surface area contributed by atoms with E-state index in [1.165, 1.54) is 5.56 Å². The summed E-state index contributed by atoms with van der Waals surface area (Å²) in [6, 6.07) is 10.7. The molecule has 0 radical (unpaired) electrons. The quantitative estimate of drug-likeness (QED) is 0.850. The number of carbonyl (C=O) groups is 2. The zero-order valence-electron chi connectivity index (χ0n) is 14.0. The minimum absolute atomic E-state index is 0.0486. The summed E-state index contributed by atoms with van der Waals surface area (Å²) in [4.78, 5) is 26.5. The molecular weight excluding hydrogens is 359 g/mol. The van der Waals surface area contributed by atoms with E-state index >= 15 is 0 Å². The van der Waals surface area contributed by atoms with Crippen LogP contribution < -0.4 is 10.2 Å². The number of rotatable bonds is 3. The van der Waals surface area contributed by atoms with Gasteiger partial charge in [-0.3, -0.25) is 9.59 Å². The van der Waals surface area contributed by atoms with Crippen LogP contribution in [0.15, 0.2) is 36.4 Å². The number of aryl methyl sites for hydroxylation is 2. The molecule has 6 heteroatoms. The smallest absolute Gasteiger partial charge is 0.229 e. The number of anilines is 2. The molecule has 0 aromatic heterocycles. The van der Waals surface area contributed by atoms with Crippen LogP contribution in [0.3, 0.4) is 0 Å². The van der Waals surface area contributed by atoms with E-state index in [1.54, 1.807) is 23.1 Å². The first-order valence-corrected chi connectivity index (χ1v) is 8.73. The molecule has 3 rings (SSSR count). The Kier molecular flexibility index (Phi) is 5.02. The lowest BCUT2D eigenvalue weighted by Crippen LogP contribution is -2.28. The summed E-state index contributed by atoms with van der Waals surface area (Å²) in [5, 5.41) is 3.68. The van der Waals surface area contributed by atoms with Crippen LogP contribution in [0.25, 0.3) is 0 Å². The molecule has 0 aliphatic carbocycles. The van der Waals surface area contributed by atoms with E-state index in [0.717, 1.165) is 11.3 Å². The molecule has 0 spiro atoms. The zero-order chi connectivity index (χ0) is 18.1. The van der Waals surface area contributed by atoms with Crippen molar-refractivity contribution in [3.8, 4) is 0 Å². The molecule has 1 aliphatic heterocycles. The highest BCUT2D eigenvalue weighted by Gasteiger charge is 2.35. The first kappa shape index (κ1) is 17.8. The molecule has 1 N–H and O–H groups in total. The molecule has 130 valence electrons. The van der Waals surface area contributed by atoms with Gasteiger partial charge in [-0.05, 0) is 55.3 Å². The first-order chi connectivity index (χ1) is 11.8. The lowest BCUT2D eigenvalue weighted by atomic mass is 10.1. The highest BCUT2D eigenvalue weighted by atomic mass is 35.5. The second kappa shape index (κ2) is 7.06. The maximum absolute atomic E-state index is 12.5. The number of hydrogen-bond acceptors (Lipinski definition) is 2. The van der Waals surface area contributed by atoms with Gasteiger partial charge in [0.15, 0.2) is 0 Å². The highest BCUT2D eigenvalue weighted by molar-refractivity contribution is 6.35. The Morgan fingerprint density at radius 2 is 1.76 bits per heavy atom. The van der Waals surface area contributed by atoms with E-state index in [2.05, 4.69) is 5.32 Å². The molecule has 1 aliphatic rings. The fourth-order valence-corrected chi connectivity index (χ4v) is 3.42. The topological polar surface area (TPSA) is 49.4 Å². The van der Waals surface area contributed by atoms with Gasteiger partial charge in [-0.15, -0.1) is 0 Å². The van der Waals surface area contributed by atoms with Crippen molar-refractivity contribution < 1.29 is 9.59 Å². The van der Waals surface area contributed by atoms with E-state index in [0.29, 0.717) is 22.3 Å². The Bertz CT molecular complexity index is 831. The molecule has 0 saturated carbocycles. The second-order valence-electron chi connectivity index (χ2n) is 6.32. The summed E-state index contributed by atoms with van der Waals surface area (Å²) in [6.07, 6.45) is 0.188. The van der Waals surface area contributed by atoms with Crippen LogP contribution in [0.5, 0.6) is 0 Å². The van der Waals surface area contributed by atoms with Crippen molar-refractivity contribution in [1.82, 2.24) is 0 Å². The number of benzene rings is 2. The Morgan fingerprint density at radius 3 is 2.40 bits per heavy atom. The van der Waals surface area contributed by atoms with Crippen LogP contribution >= 0.6 is 23.2 Å². The van der Waals surface area contributed by atoms with Gasteiger partial charge in [0.2, 0.25) is 11.8 Å². The average molecular weight is 377 g/mol. The minimum atomic E-state index is -0.410. The van der Waals surface area contributed by atoms with Crippen molar-refractivity contribution in [1.29, 1.82) is 0 Å². The van der Waals surface area contributed by atoms with Crippen molar-refractivity contribution >= 4 is 46.4 Å². The zero-order valence-corrected chi connectivity index (χ0v) is 15.5. The van der Waals surface area contributed by atoms with Gasteiger partial charge in [-0.2, -0.15) is 0 Å². The molecule has 2 aromatic carbocycles. The van der Waals surface area contributed by atoms with Crippen LogP contribution in [0.4, 0.5) is 11.4 Å².